The molecule has 2 aromatic rings. The number of nitrogens with two attached hydrogens (primary N) is 2. The summed E-state index contributed by atoms with van der Waals surface area (Å²) < 4.78 is 0.939. The number of hydrogen-bond donors (Lipinski definition) is 4. The maximum atomic E-state index is 14.1. The lowest BCUT2D eigenvalue weighted by Crippen LogP contribution is -2.53. The molecule has 0 radical (unpaired) electrons. The van der Waals surface area contributed by atoms with Crippen LogP contribution in [-0.4, -0.2) is 76.6 Å². The minimum atomic E-state index is -0.805. The SMILES string of the molecule is C[C@H](N)C(=O)NC(=O)[C@@H]1CC(C2CCCCC2)CN1[C@@H](CCCN(C)C(=N)N)C(=O)c1nc2ccccc2s1. The normalized spacial score (nSPS) is 21.9. The zero-order valence-electron chi connectivity index (χ0n) is 22.9. The molecule has 0 bridgehead atoms. The second kappa shape index (κ2) is 13.0. The maximum Gasteiger partial charge on any atom is 0.243 e. The van der Waals surface area contributed by atoms with Crippen LogP contribution in [0.1, 0.15) is 68.1 Å². The van der Waals surface area contributed by atoms with Crippen molar-refractivity contribution in [2.75, 3.05) is 20.1 Å². The monoisotopic (exact) mass is 555 g/mol. The summed E-state index contributed by atoms with van der Waals surface area (Å²) in [5.41, 5.74) is 12.1. The molecule has 4 atom stereocenters. The average Bonchev–Trinajstić information content (AvgIpc) is 3.56. The van der Waals surface area contributed by atoms with Gasteiger partial charge in [-0.05, 0) is 50.2 Å². The van der Waals surface area contributed by atoms with Crippen LogP contribution < -0.4 is 16.8 Å². The van der Waals surface area contributed by atoms with E-state index in [9.17, 15) is 14.4 Å². The van der Waals surface area contributed by atoms with Crippen molar-refractivity contribution in [1.82, 2.24) is 20.1 Å². The van der Waals surface area contributed by atoms with Gasteiger partial charge in [-0.1, -0.05) is 44.2 Å². The molecule has 0 spiro atoms. The third-order valence-electron chi connectivity index (χ3n) is 8.24. The zero-order chi connectivity index (χ0) is 28.1. The van der Waals surface area contributed by atoms with Crippen molar-refractivity contribution in [3.8, 4) is 0 Å². The Balaban J connectivity index is 1.64. The van der Waals surface area contributed by atoms with E-state index >= 15 is 0 Å². The van der Waals surface area contributed by atoms with E-state index in [2.05, 4.69) is 10.3 Å². The number of imide groups is 1. The molecule has 6 N–H and O–H groups in total. The molecular weight excluding hydrogens is 514 g/mol. The Labute approximate surface area is 234 Å². The summed E-state index contributed by atoms with van der Waals surface area (Å²) in [6.07, 6.45) is 7.57. The second-order valence-corrected chi connectivity index (χ2v) is 12.1. The van der Waals surface area contributed by atoms with E-state index in [4.69, 9.17) is 16.9 Å². The number of para-hydroxylation sites is 1. The Morgan fingerprint density at radius 2 is 1.92 bits per heavy atom. The fourth-order valence-corrected chi connectivity index (χ4v) is 6.93. The molecule has 39 heavy (non-hydrogen) atoms. The highest BCUT2D eigenvalue weighted by Gasteiger charge is 2.45. The molecule has 1 aromatic carbocycles. The van der Waals surface area contributed by atoms with Crippen LogP contribution in [0, 0.1) is 17.2 Å². The van der Waals surface area contributed by atoms with Gasteiger partial charge in [0.1, 0.15) is 0 Å². The van der Waals surface area contributed by atoms with Gasteiger partial charge >= 0.3 is 0 Å². The first-order valence-corrected chi connectivity index (χ1v) is 14.8. The molecule has 212 valence electrons. The van der Waals surface area contributed by atoms with Gasteiger partial charge in [-0.2, -0.15) is 0 Å². The molecule has 2 amide bonds. The van der Waals surface area contributed by atoms with Gasteiger partial charge in [-0.25, -0.2) is 4.98 Å². The molecule has 10 nitrogen and oxygen atoms in total. The molecule has 1 aromatic heterocycles. The number of carbonyl (C=O) groups excluding carboxylic acids is 3. The number of Topliss-reactive ketones (excluding diaryl/α,β-unsaturated/α-hetero) is 1. The number of thiazole rings is 1. The van der Waals surface area contributed by atoms with Crippen LogP contribution in [0.15, 0.2) is 24.3 Å². The molecule has 1 aliphatic heterocycles. The van der Waals surface area contributed by atoms with Crippen LogP contribution in [-0.2, 0) is 9.59 Å². The highest BCUT2D eigenvalue weighted by molar-refractivity contribution is 7.20. The Morgan fingerprint density at radius 3 is 2.59 bits per heavy atom. The van der Waals surface area contributed by atoms with Crippen LogP contribution in [0.3, 0.4) is 0 Å². The first kappa shape index (κ1) is 29.1. The number of nitrogens with zero attached hydrogens (tertiary/aromatic N) is 3. The lowest BCUT2D eigenvalue weighted by Gasteiger charge is -2.32. The number of guanidine groups is 1. The second-order valence-electron chi connectivity index (χ2n) is 11.1. The highest BCUT2D eigenvalue weighted by Crippen LogP contribution is 2.39. The molecule has 1 saturated heterocycles. The van der Waals surface area contributed by atoms with Crippen molar-refractivity contribution in [2.45, 2.75) is 76.4 Å². The third-order valence-corrected chi connectivity index (χ3v) is 9.29. The van der Waals surface area contributed by atoms with E-state index in [1.165, 1.54) is 30.6 Å². The number of benzene rings is 1. The number of rotatable bonds is 10. The fraction of sp³-hybridized carbons (Fsp3) is 0.607. The van der Waals surface area contributed by atoms with Crippen LogP contribution >= 0.6 is 11.3 Å². The molecule has 2 fully saturated rings. The smallest absolute Gasteiger partial charge is 0.243 e. The number of amides is 2. The van der Waals surface area contributed by atoms with Gasteiger partial charge in [-0.3, -0.25) is 30.0 Å². The van der Waals surface area contributed by atoms with Gasteiger partial charge in [0.05, 0.1) is 28.3 Å². The van der Waals surface area contributed by atoms with E-state index in [0.717, 1.165) is 23.1 Å². The number of fused-ring (bicyclic) bond motifs is 1. The molecule has 1 saturated carbocycles. The fourth-order valence-electron chi connectivity index (χ4n) is 5.97. The Hall–Kier alpha value is -2.89. The summed E-state index contributed by atoms with van der Waals surface area (Å²) in [5, 5.41) is 10.6. The standard InChI is InChI=1S/C28H41N7O3S/c1-17(29)25(37)33-26(38)22-15-19(18-9-4-3-5-10-18)16-35(22)21(12-8-14-34(2)28(30)31)24(36)27-32-20-11-6-7-13-23(20)39-27/h6-7,11,13,17-19,21-22H,3-5,8-10,12,14-16,29H2,1-2H3,(H3,30,31)(H,33,37,38)/t17-,19?,21-,22-/m0/s1. The first-order chi connectivity index (χ1) is 18.7. The van der Waals surface area contributed by atoms with Crippen LogP contribution in [0.5, 0.6) is 0 Å². The zero-order valence-corrected chi connectivity index (χ0v) is 23.7. The minimum absolute atomic E-state index is 0.0331. The van der Waals surface area contributed by atoms with Crippen molar-refractivity contribution < 1.29 is 14.4 Å². The molecule has 1 unspecified atom stereocenters. The van der Waals surface area contributed by atoms with Crippen molar-refractivity contribution in [3.05, 3.63) is 29.3 Å². The molecule has 11 heteroatoms. The molecule has 1 aliphatic carbocycles. The number of nitrogens with one attached hydrogen (secondary N) is 2. The molecule has 2 heterocycles. The van der Waals surface area contributed by atoms with Gasteiger partial charge in [-0.15, -0.1) is 11.3 Å². The van der Waals surface area contributed by atoms with Crippen molar-refractivity contribution in [1.29, 1.82) is 5.41 Å². The summed E-state index contributed by atoms with van der Waals surface area (Å²) in [6, 6.07) is 5.68. The van der Waals surface area contributed by atoms with Crippen molar-refractivity contribution in [2.24, 2.45) is 23.3 Å². The van der Waals surface area contributed by atoms with E-state index in [1.807, 2.05) is 29.2 Å². The van der Waals surface area contributed by atoms with E-state index < -0.39 is 29.9 Å². The van der Waals surface area contributed by atoms with E-state index in [-0.39, 0.29) is 17.7 Å². The van der Waals surface area contributed by atoms with Crippen molar-refractivity contribution in [3.63, 3.8) is 0 Å². The number of ketones is 1. The number of hydrogen-bond acceptors (Lipinski definition) is 8. The summed E-state index contributed by atoms with van der Waals surface area (Å²) in [4.78, 5) is 48.2. The lowest BCUT2D eigenvalue weighted by atomic mass is 9.79. The van der Waals surface area contributed by atoms with Crippen LogP contribution in [0.2, 0.25) is 0 Å². The van der Waals surface area contributed by atoms with Gasteiger partial charge in [0.2, 0.25) is 17.6 Å². The predicted octanol–water partition coefficient (Wildman–Crippen LogP) is 2.71. The van der Waals surface area contributed by atoms with Gasteiger partial charge in [0.15, 0.2) is 11.0 Å². The molecule has 2 aliphatic rings. The third kappa shape index (κ3) is 7.01. The van der Waals surface area contributed by atoms with Gasteiger partial charge < -0.3 is 16.4 Å². The number of carbonyl (C=O) groups is 3. The minimum Gasteiger partial charge on any atom is -0.370 e. The summed E-state index contributed by atoms with van der Waals surface area (Å²) >= 11 is 1.37. The van der Waals surface area contributed by atoms with Crippen molar-refractivity contribution >= 4 is 45.1 Å². The molecule has 4 rings (SSSR count). The maximum absolute atomic E-state index is 14.1. The van der Waals surface area contributed by atoms with Crippen LogP contribution in [0.25, 0.3) is 10.2 Å². The number of likely N-dealkylation sites (tertiary alicyclic amines) is 1. The van der Waals surface area contributed by atoms with Gasteiger partial charge in [0, 0.05) is 20.1 Å². The van der Waals surface area contributed by atoms with Crippen LogP contribution in [0.4, 0.5) is 0 Å². The highest BCUT2D eigenvalue weighted by atomic mass is 32.1. The largest absolute Gasteiger partial charge is 0.370 e. The Morgan fingerprint density at radius 1 is 1.21 bits per heavy atom. The average molecular weight is 556 g/mol. The van der Waals surface area contributed by atoms with E-state index in [1.54, 1.807) is 18.9 Å². The van der Waals surface area contributed by atoms with E-state index in [0.29, 0.717) is 43.3 Å². The van der Waals surface area contributed by atoms with Gasteiger partial charge in [0.25, 0.3) is 0 Å². The summed E-state index contributed by atoms with van der Waals surface area (Å²) in [6.45, 7) is 2.68. The molecular formula is C28H41N7O3S. The predicted molar refractivity (Wildman–Crippen MR) is 153 cm³/mol. The summed E-state index contributed by atoms with van der Waals surface area (Å²) in [7, 11) is 1.75. The Kier molecular flexibility index (Phi) is 9.68. The lowest BCUT2D eigenvalue weighted by molar-refractivity contribution is -0.133. The first-order valence-electron chi connectivity index (χ1n) is 14.0. The summed E-state index contributed by atoms with van der Waals surface area (Å²) in [5.74, 6) is -0.268. The Bertz CT molecular complexity index is 1160. The topological polar surface area (TPSA) is 158 Å². The quantitative estimate of drug-likeness (QED) is 0.198. The number of aromatic nitrogens is 1.